The zero-order chi connectivity index (χ0) is 13.9. The Kier molecular flexibility index (Phi) is 4.32. The molecule has 1 aromatic rings. The van der Waals surface area contributed by atoms with Gasteiger partial charge >= 0.3 is 0 Å². The number of aliphatic hydroxyl groups excluding tert-OH is 1. The van der Waals surface area contributed by atoms with Crippen LogP contribution in [0.1, 0.15) is 37.4 Å². The Morgan fingerprint density at radius 2 is 1.95 bits per heavy atom. The standard InChI is InChI=1S/C15H22O4/c1-17-11-5-6-12(14(9-11)18-2)13(16)10-15(19-3)7-4-8-15/h5-6,9,13,16H,4,7-8,10H2,1-3H3. The van der Waals surface area contributed by atoms with E-state index in [4.69, 9.17) is 14.2 Å². The summed E-state index contributed by atoms with van der Waals surface area (Å²) in [6, 6.07) is 5.48. The van der Waals surface area contributed by atoms with Gasteiger partial charge in [-0.2, -0.15) is 0 Å². The number of ether oxygens (including phenoxy) is 3. The van der Waals surface area contributed by atoms with Gasteiger partial charge in [0, 0.05) is 25.2 Å². The lowest BCUT2D eigenvalue weighted by Gasteiger charge is -2.42. The fourth-order valence-corrected chi connectivity index (χ4v) is 2.62. The van der Waals surface area contributed by atoms with Crippen molar-refractivity contribution in [1.82, 2.24) is 0 Å². The monoisotopic (exact) mass is 266 g/mol. The van der Waals surface area contributed by atoms with E-state index in [1.54, 1.807) is 27.4 Å². The first-order valence-electron chi connectivity index (χ1n) is 6.59. The van der Waals surface area contributed by atoms with Gasteiger partial charge in [0.25, 0.3) is 0 Å². The quantitative estimate of drug-likeness (QED) is 0.860. The Labute approximate surface area is 114 Å². The highest BCUT2D eigenvalue weighted by Crippen LogP contribution is 2.43. The molecular weight excluding hydrogens is 244 g/mol. The summed E-state index contributed by atoms with van der Waals surface area (Å²) in [6.07, 6.45) is 3.21. The van der Waals surface area contributed by atoms with E-state index >= 15 is 0 Å². The number of benzene rings is 1. The summed E-state index contributed by atoms with van der Waals surface area (Å²) < 4.78 is 16.0. The lowest BCUT2D eigenvalue weighted by atomic mass is 9.75. The van der Waals surface area contributed by atoms with E-state index in [-0.39, 0.29) is 5.60 Å². The van der Waals surface area contributed by atoms with Gasteiger partial charge in [0.15, 0.2) is 0 Å². The summed E-state index contributed by atoms with van der Waals surface area (Å²) in [5, 5.41) is 10.4. The smallest absolute Gasteiger partial charge is 0.128 e. The Morgan fingerprint density at radius 3 is 2.42 bits per heavy atom. The van der Waals surface area contributed by atoms with Crippen molar-refractivity contribution >= 4 is 0 Å². The molecular formula is C15H22O4. The van der Waals surface area contributed by atoms with Crippen molar-refractivity contribution in [2.75, 3.05) is 21.3 Å². The van der Waals surface area contributed by atoms with Crippen LogP contribution in [0.25, 0.3) is 0 Å². The molecule has 19 heavy (non-hydrogen) atoms. The van der Waals surface area contributed by atoms with Crippen LogP contribution in [-0.2, 0) is 4.74 Å². The van der Waals surface area contributed by atoms with Crippen molar-refractivity contribution < 1.29 is 19.3 Å². The van der Waals surface area contributed by atoms with E-state index in [1.165, 1.54) is 6.42 Å². The van der Waals surface area contributed by atoms with Gasteiger partial charge in [-0.15, -0.1) is 0 Å². The Balaban J connectivity index is 2.16. The van der Waals surface area contributed by atoms with Crippen LogP contribution < -0.4 is 9.47 Å². The van der Waals surface area contributed by atoms with Crippen molar-refractivity contribution in [3.63, 3.8) is 0 Å². The van der Waals surface area contributed by atoms with Crippen molar-refractivity contribution in [2.24, 2.45) is 0 Å². The van der Waals surface area contributed by atoms with E-state index in [0.29, 0.717) is 12.2 Å². The molecule has 0 heterocycles. The average molecular weight is 266 g/mol. The minimum absolute atomic E-state index is 0.162. The zero-order valence-electron chi connectivity index (χ0n) is 11.8. The highest BCUT2D eigenvalue weighted by molar-refractivity contribution is 5.42. The molecule has 1 atom stereocenters. The molecule has 1 N–H and O–H groups in total. The fraction of sp³-hybridized carbons (Fsp3) is 0.600. The predicted octanol–water partition coefficient (Wildman–Crippen LogP) is 2.70. The Bertz CT molecular complexity index is 421. The molecule has 1 aliphatic rings. The molecule has 1 fully saturated rings. The molecule has 0 bridgehead atoms. The zero-order valence-corrected chi connectivity index (χ0v) is 11.8. The first kappa shape index (κ1) is 14.2. The maximum absolute atomic E-state index is 10.4. The van der Waals surface area contributed by atoms with E-state index < -0.39 is 6.10 Å². The van der Waals surface area contributed by atoms with Gasteiger partial charge in [0.2, 0.25) is 0 Å². The van der Waals surface area contributed by atoms with E-state index in [0.717, 1.165) is 24.2 Å². The fourth-order valence-electron chi connectivity index (χ4n) is 2.62. The van der Waals surface area contributed by atoms with Gasteiger partial charge in [-0.25, -0.2) is 0 Å². The number of methoxy groups -OCH3 is 3. The summed E-state index contributed by atoms with van der Waals surface area (Å²) >= 11 is 0. The van der Waals surface area contributed by atoms with Crippen LogP contribution in [-0.4, -0.2) is 32.0 Å². The topological polar surface area (TPSA) is 47.9 Å². The number of hydrogen-bond donors (Lipinski definition) is 1. The average Bonchev–Trinajstić information content (AvgIpc) is 2.41. The second kappa shape index (κ2) is 5.80. The minimum atomic E-state index is -0.582. The van der Waals surface area contributed by atoms with Crippen molar-refractivity contribution in [3.8, 4) is 11.5 Å². The van der Waals surface area contributed by atoms with Gasteiger partial charge in [-0.1, -0.05) is 0 Å². The maximum Gasteiger partial charge on any atom is 0.128 e. The minimum Gasteiger partial charge on any atom is -0.497 e. The molecule has 1 saturated carbocycles. The molecule has 1 unspecified atom stereocenters. The van der Waals surface area contributed by atoms with E-state index in [9.17, 15) is 5.11 Å². The first-order valence-corrected chi connectivity index (χ1v) is 6.59. The SMILES string of the molecule is COc1ccc(C(O)CC2(OC)CCC2)c(OC)c1. The second-order valence-corrected chi connectivity index (χ2v) is 5.07. The third kappa shape index (κ3) is 2.85. The van der Waals surface area contributed by atoms with Gasteiger partial charge < -0.3 is 19.3 Å². The summed E-state index contributed by atoms with van der Waals surface area (Å²) in [6.45, 7) is 0. The molecule has 4 heteroatoms. The molecule has 4 nitrogen and oxygen atoms in total. The van der Waals surface area contributed by atoms with Crippen molar-refractivity contribution in [2.45, 2.75) is 37.4 Å². The van der Waals surface area contributed by atoms with E-state index in [1.807, 2.05) is 12.1 Å². The van der Waals surface area contributed by atoms with Crippen LogP contribution in [0.2, 0.25) is 0 Å². The molecule has 2 rings (SSSR count). The summed E-state index contributed by atoms with van der Waals surface area (Å²) in [7, 11) is 4.93. The van der Waals surface area contributed by atoms with Crippen LogP contribution >= 0.6 is 0 Å². The van der Waals surface area contributed by atoms with Crippen molar-refractivity contribution in [3.05, 3.63) is 23.8 Å². The molecule has 0 radical (unpaired) electrons. The van der Waals surface area contributed by atoms with Gasteiger partial charge in [0.05, 0.1) is 25.9 Å². The molecule has 1 aromatic carbocycles. The van der Waals surface area contributed by atoms with Gasteiger partial charge in [0.1, 0.15) is 11.5 Å². The highest BCUT2D eigenvalue weighted by Gasteiger charge is 2.39. The van der Waals surface area contributed by atoms with Crippen LogP contribution in [0.5, 0.6) is 11.5 Å². The van der Waals surface area contributed by atoms with Crippen molar-refractivity contribution in [1.29, 1.82) is 0 Å². The molecule has 106 valence electrons. The molecule has 0 aromatic heterocycles. The summed E-state index contributed by atoms with van der Waals surface area (Å²) in [5.41, 5.74) is 0.622. The molecule has 1 aliphatic carbocycles. The molecule has 0 saturated heterocycles. The lowest BCUT2D eigenvalue weighted by Crippen LogP contribution is -2.40. The number of hydrogen-bond acceptors (Lipinski definition) is 4. The molecule has 0 amide bonds. The molecule has 0 spiro atoms. The third-order valence-corrected chi connectivity index (χ3v) is 4.06. The number of rotatable bonds is 6. The Hall–Kier alpha value is -1.26. The largest absolute Gasteiger partial charge is 0.497 e. The van der Waals surface area contributed by atoms with E-state index in [2.05, 4.69) is 0 Å². The summed E-state index contributed by atoms with van der Waals surface area (Å²) in [5.74, 6) is 1.37. The van der Waals surface area contributed by atoms with Gasteiger partial charge in [-0.3, -0.25) is 0 Å². The normalized spacial score (nSPS) is 18.5. The first-order chi connectivity index (χ1) is 9.14. The lowest BCUT2D eigenvalue weighted by molar-refractivity contribution is -0.100. The molecule has 0 aliphatic heterocycles. The van der Waals surface area contributed by atoms with Crippen LogP contribution in [0.15, 0.2) is 18.2 Å². The summed E-state index contributed by atoms with van der Waals surface area (Å²) in [4.78, 5) is 0. The van der Waals surface area contributed by atoms with Crippen LogP contribution in [0.3, 0.4) is 0 Å². The highest BCUT2D eigenvalue weighted by atomic mass is 16.5. The predicted molar refractivity (Wildman–Crippen MR) is 72.7 cm³/mol. The second-order valence-electron chi connectivity index (χ2n) is 5.07. The number of aliphatic hydroxyl groups is 1. The van der Waals surface area contributed by atoms with Gasteiger partial charge in [-0.05, 0) is 31.4 Å². The maximum atomic E-state index is 10.4. The van der Waals surface area contributed by atoms with Crippen LogP contribution in [0, 0.1) is 0 Å². The Morgan fingerprint density at radius 1 is 1.21 bits per heavy atom. The van der Waals surface area contributed by atoms with Crippen LogP contribution in [0.4, 0.5) is 0 Å². The third-order valence-electron chi connectivity index (χ3n) is 4.06.